The van der Waals surface area contributed by atoms with Gasteiger partial charge in [0.1, 0.15) is 11.6 Å². The summed E-state index contributed by atoms with van der Waals surface area (Å²) in [5.41, 5.74) is 6.11. The number of benzene rings is 2. The first-order valence-electron chi connectivity index (χ1n) is 6.42. The number of phenolic OH excluding ortho intramolecular Hbond substituents is 1. The van der Waals surface area contributed by atoms with Crippen LogP contribution in [-0.2, 0) is 6.54 Å². The molecule has 0 unspecified atom stereocenters. The average molecular weight is 319 g/mol. The SMILES string of the molecule is O=C(NNC(=S)NCc1ccc(F)cc1)c1cccc(O)c1. The maximum Gasteiger partial charge on any atom is 0.269 e. The average Bonchev–Trinajstić information content (AvgIpc) is 2.52. The first-order chi connectivity index (χ1) is 10.5. The van der Waals surface area contributed by atoms with Crippen molar-refractivity contribution in [1.29, 1.82) is 0 Å². The van der Waals surface area contributed by atoms with Crippen molar-refractivity contribution in [3.63, 3.8) is 0 Å². The molecule has 2 rings (SSSR count). The number of thiocarbonyl (C=S) groups is 1. The Balaban J connectivity index is 1.78. The summed E-state index contributed by atoms with van der Waals surface area (Å²) in [6.07, 6.45) is 0. The first-order valence-corrected chi connectivity index (χ1v) is 6.83. The third kappa shape index (κ3) is 4.71. The Morgan fingerprint density at radius 2 is 1.86 bits per heavy atom. The third-order valence-corrected chi connectivity index (χ3v) is 3.01. The Hall–Kier alpha value is -2.67. The molecule has 0 heterocycles. The maximum atomic E-state index is 12.8. The molecule has 114 valence electrons. The number of rotatable bonds is 3. The maximum absolute atomic E-state index is 12.8. The molecule has 2 aromatic carbocycles. The Morgan fingerprint density at radius 3 is 2.55 bits per heavy atom. The number of phenols is 1. The van der Waals surface area contributed by atoms with Gasteiger partial charge in [0, 0.05) is 12.1 Å². The van der Waals surface area contributed by atoms with Crippen LogP contribution in [0.5, 0.6) is 5.75 Å². The number of aromatic hydroxyl groups is 1. The van der Waals surface area contributed by atoms with Crippen molar-refractivity contribution in [2.24, 2.45) is 0 Å². The van der Waals surface area contributed by atoms with Crippen LogP contribution in [0.1, 0.15) is 15.9 Å². The van der Waals surface area contributed by atoms with E-state index in [9.17, 15) is 14.3 Å². The number of hydrazine groups is 1. The van der Waals surface area contributed by atoms with E-state index in [4.69, 9.17) is 12.2 Å². The Kier molecular flexibility index (Phi) is 5.26. The third-order valence-electron chi connectivity index (χ3n) is 2.76. The number of hydrogen-bond donors (Lipinski definition) is 4. The van der Waals surface area contributed by atoms with E-state index in [1.54, 1.807) is 24.3 Å². The van der Waals surface area contributed by atoms with Crippen LogP contribution in [0.3, 0.4) is 0 Å². The van der Waals surface area contributed by atoms with Crippen LogP contribution in [0, 0.1) is 5.82 Å². The molecule has 0 spiro atoms. The highest BCUT2D eigenvalue weighted by atomic mass is 32.1. The molecule has 0 aliphatic heterocycles. The molecular formula is C15H14FN3O2S. The van der Waals surface area contributed by atoms with Crippen molar-refractivity contribution in [2.75, 3.05) is 0 Å². The topological polar surface area (TPSA) is 73.4 Å². The summed E-state index contributed by atoms with van der Waals surface area (Å²) in [6, 6.07) is 11.9. The predicted octanol–water partition coefficient (Wildman–Crippen LogP) is 1.84. The van der Waals surface area contributed by atoms with Gasteiger partial charge >= 0.3 is 0 Å². The number of halogens is 1. The van der Waals surface area contributed by atoms with Crippen molar-refractivity contribution in [3.8, 4) is 5.75 Å². The number of carbonyl (C=O) groups is 1. The quantitative estimate of drug-likeness (QED) is 0.513. The molecule has 0 aliphatic carbocycles. The van der Waals surface area contributed by atoms with Gasteiger partial charge in [-0.1, -0.05) is 18.2 Å². The van der Waals surface area contributed by atoms with E-state index in [2.05, 4.69) is 16.2 Å². The highest BCUT2D eigenvalue weighted by Crippen LogP contribution is 2.10. The van der Waals surface area contributed by atoms with Gasteiger partial charge in [0.15, 0.2) is 5.11 Å². The van der Waals surface area contributed by atoms with Gasteiger partial charge in [-0.3, -0.25) is 15.6 Å². The molecule has 2 aromatic rings. The fourth-order valence-corrected chi connectivity index (χ4v) is 1.78. The van der Waals surface area contributed by atoms with Crippen molar-refractivity contribution in [1.82, 2.24) is 16.2 Å². The van der Waals surface area contributed by atoms with Crippen LogP contribution in [0.2, 0.25) is 0 Å². The van der Waals surface area contributed by atoms with E-state index < -0.39 is 5.91 Å². The lowest BCUT2D eigenvalue weighted by molar-refractivity contribution is 0.0943. The van der Waals surface area contributed by atoms with Crippen molar-refractivity contribution in [2.45, 2.75) is 6.54 Å². The summed E-state index contributed by atoms with van der Waals surface area (Å²) in [5.74, 6) is -0.727. The number of amides is 1. The van der Waals surface area contributed by atoms with Crippen molar-refractivity contribution >= 4 is 23.2 Å². The fraction of sp³-hybridized carbons (Fsp3) is 0.0667. The van der Waals surface area contributed by atoms with Crippen LogP contribution in [0.15, 0.2) is 48.5 Å². The zero-order valence-electron chi connectivity index (χ0n) is 11.5. The van der Waals surface area contributed by atoms with Gasteiger partial charge in [-0.15, -0.1) is 0 Å². The number of hydrogen-bond acceptors (Lipinski definition) is 3. The molecule has 0 bridgehead atoms. The molecule has 5 nitrogen and oxygen atoms in total. The van der Waals surface area contributed by atoms with Gasteiger partial charge in [0.25, 0.3) is 5.91 Å². The van der Waals surface area contributed by atoms with E-state index in [0.717, 1.165) is 5.56 Å². The van der Waals surface area contributed by atoms with E-state index in [0.29, 0.717) is 12.1 Å². The highest BCUT2D eigenvalue weighted by Gasteiger charge is 2.06. The minimum atomic E-state index is -0.429. The molecular weight excluding hydrogens is 305 g/mol. The molecule has 0 saturated heterocycles. The second-order valence-electron chi connectivity index (χ2n) is 4.44. The molecule has 0 aromatic heterocycles. The van der Waals surface area contributed by atoms with E-state index in [-0.39, 0.29) is 16.7 Å². The van der Waals surface area contributed by atoms with Gasteiger partial charge in [0.2, 0.25) is 0 Å². The molecule has 22 heavy (non-hydrogen) atoms. The largest absolute Gasteiger partial charge is 0.508 e. The van der Waals surface area contributed by atoms with Gasteiger partial charge in [-0.2, -0.15) is 0 Å². The molecule has 0 aliphatic rings. The zero-order chi connectivity index (χ0) is 15.9. The highest BCUT2D eigenvalue weighted by molar-refractivity contribution is 7.80. The second-order valence-corrected chi connectivity index (χ2v) is 4.85. The van der Waals surface area contributed by atoms with Gasteiger partial charge < -0.3 is 10.4 Å². The Labute approximate surface area is 132 Å². The standard InChI is InChI=1S/C15H14FN3O2S/c16-12-6-4-10(5-7-12)9-17-15(22)19-18-14(21)11-2-1-3-13(20)8-11/h1-8,20H,9H2,(H,18,21)(H2,17,19,22). The monoisotopic (exact) mass is 319 g/mol. The Bertz CT molecular complexity index is 677. The van der Waals surface area contributed by atoms with E-state index in [1.807, 2.05) is 0 Å². The molecule has 1 amide bonds. The lowest BCUT2D eigenvalue weighted by Crippen LogP contribution is -2.46. The van der Waals surface area contributed by atoms with Crippen LogP contribution in [-0.4, -0.2) is 16.1 Å². The molecule has 0 fully saturated rings. The van der Waals surface area contributed by atoms with Crippen molar-refractivity contribution < 1.29 is 14.3 Å². The summed E-state index contributed by atoms with van der Waals surface area (Å²) in [7, 11) is 0. The number of carbonyl (C=O) groups excluding carboxylic acids is 1. The minimum Gasteiger partial charge on any atom is -0.508 e. The molecule has 0 atom stereocenters. The van der Waals surface area contributed by atoms with Gasteiger partial charge in [0.05, 0.1) is 0 Å². The lowest BCUT2D eigenvalue weighted by Gasteiger charge is -2.11. The molecule has 0 radical (unpaired) electrons. The summed E-state index contributed by atoms with van der Waals surface area (Å²) >= 11 is 5.01. The smallest absolute Gasteiger partial charge is 0.269 e. The molecule has 7 heteroatoms. The normalized spacial score (nSPS) is 9.86. The van der Waals surface area contributed by atoms with E-state index >= 15 is 0 Å². The lowest BCUT2D eigenvalue weighted by atomic mass is 10.2. The second kappa shape index (κ2) is 7.37. The molecule has 0 saturated carbocycles. The Morgan fingerprint density at radius 1 is 1.14 bits per heavy atom. The first kappa shape index (κ1) is 15.7. The summed E-state index contributed by atoms with van der Waals surface area (Å²) < 4.78 is 12.8. The van der Waals surface area contributed by atoms with Crippen LogP contribution in [0.25, 0.3) is 0 Å². The van der Waals surface area contributed by atoms with Crippen LogP contribution >= 0.6 is 12.2 Å². The number of nitrogens with one attached hydrogen (secondary N) is 3. The van der Waals surface area contributed by atoms with Gasteiger partial charge in [-0.05, 0) is 48.1 Å². The van der Waals surface area contributed by atoms with Crippen LogP contribution in [0.4, 0.5) is 4.39 Å². The predicted molar refractivity (Wildman–Crippen MR) is 84.5 cm³/mol. The van der Waals surface area contributed by atoms with Crippen LogP contribution < -0.4 is 16.2 Å². The summed E-state index contributed by atoms with van der Waals surface area (Å²) in [4.78, 5) is 11.8. The van der Waals surface area contributed by atoms with Gasteiger partial charge in [-0.25, -0.2) is 4.39 Å². The van der Waals surface area contributed by atoms with Crippen molar-refractivity contribution in [3.05, 3.63) is 65.5 Å². The summed E-state index contributed by atoms with van der Waals surface area (Å²) in [5, 5.41) is 12.4. The zero-order valence-corrected chi connectivity index (χ0v) is 12.3. The summed E-state index contributed by atoms with van der Waals surface area (Å²) in [6.45, 7) is 0.397. The minimum absolute atomic E-state index is 0.00432. The fourth-order valence-electron chi connectivity index (χ4n) is 1.66. The van der Waals surface area contributed by atoms with E-state index in [1.165, 1.54) is 24.3 Å². The molecule has 4 N–H and O–H groups in total.